The predicted molar refractivity (Wildman–Crippen MR) is 65.6 cm³/mol. The summed E-state index contributed by atoms with van der Waals surface area (Å²) in [4.78, 5) is 15.1. The molecule has 90 valence electrons. The number of allylic oxidation sites excluding steroid dienone is 1. The summed E-state index contributed by atoms with van der Waals surface area (Å²) in [5.41, 5.74) is 2.13. The zero-order valence-electron chi connectivity index (χ0n) is 9.80. The Balaban J connectivity index is 2.09. The number of carboxylic acids is 1. The molecule has 0 amide bonds. The maximum atomic E-state index is 10.8. The number of rotatable bonds is 3. The lowest BCUT2D eigenvalue weighted by Gasteiger charge is -2.24. The third-order valence-electron chi connectivity index (χ3n) is 3.28. The van der Waals surface area contributed by atoms with Crippen molar-refractivity contribution in [1.29, 1.82) is 0 Å². The van der Waals surface area contributed by atoms with Gasteiger partial charge in [-0.05, 0) is 43.7 Å². The average Bonchev–Trinajstić information content (AvgIpc) is 2.32. The van der Waals surface area contributed by atoms with Crippen molar-refractivity contribution in [3.05, 3.63) is 41.7 Å². The van der Waals surface area contributed by atoms with Crippen LogP contribution in [0.4, 0.5) is 0 Å². The fourth-order valence-electron chi connectivity index (χ4n) is 2.46. The molecule has 1 N–H and O–H groups in total. The van der Waals surface area contributed by atoms with Gasteiger partial charge in [-0.3, -0.25) is 4.98 Å². The van der Waals surface area contributed by atoms with Gasteiger partial charge in [-0.1, -0.05) is 18.1 Å². The summed E-state index contributed by atoms with van der Waals surface area (Å²) in [6.07, 6.45) is 8.34. The van der Waals surface area contributed by atoms with Crippen molar-refractivity contribution in [2.24, 2.45) is 5.92 Å². The number of nitrogens with zero attached hydrogens (tertiary/aromatic N) is 1. The van der Waals surface area contributed by atoms with Gasteiger partial charge in [0.05, 0.1) is 0 Å². The lowest BCUT2D eigenvalue weighted by Crippen LogP contribution is -2.14. The van der Waals surface area contributed by atoms with E-state index in [-0.39, 0.29) is 0 Å². The van der Waals surface area contributed by atoms with Crippen molar-refractivity contribution in [1.82, 2.24) is 4.98 Å². The minimum absolute atomic E-state index is 0.356. The van der Waals surface area contributed by atoms with Crippen LogP contribution in [0.3, 0.4) is 0 Å². The van der Waals surface area contributed by atoms with Crippen molar-refractivity contribution < 1.29 is 9.90 Å². The Hall–Kier alpha value is -1.64. The van der Waals surface area contributed by atoms with Gasteiger partial charge < -0.3 is 5.11 Å². The molecule has 1 heterocycles. The highest BCUT2D eigenvalue weighted by Gasteiger charge is 2.20. The van der Waals surface area contributed by atoms with E-state index in [9.17, 15) is 4.79 Å². The predicted octanol–water partition coefficient (Wildman–Crippen LogP) is 2.83. The fourth-order valence-corrected chi connectivity index (χ4v) is 2.46. The van der Waals surface area contributed by atoms with E-state index < -0.39 is 5.97 Å². The molecular weight excluding hydrogens is 214 g/mol. The topological polar surface area (TPSA) is 50.2 Å². The van der Waals surface area contributed by atoms with Crippen LogP contribution in [0.2, 0.25) is 0 Å². The monoisotopic (exact) mass is 231 g/mol. The lowest BCUT2D eigenvalue weighted by molar-refractivity contribution is -0.131. The van der Waals surface area contributed by atoms with Crippen molar-refractivity contribution in [3.8, 4) is 0 Å². The second-order valence-corrected chi connectivity index (χ2v) is 4.53. The number of aliphatic carboxylic acids is 1. The average molecular weight is 231 g/mol. The Morgan fingerprint density at radius 3 is 3.06 bits per heavy atom. The molecule has 1 unspecified atom stereocenters. The molecule has 3 nitrogen and oxygen atoms in total. The minimum atomic E-state index is -0.826. The molecule has 1 fully saturated rings. The summed E-state index contributed by atoms with van der Waals surface area (Å²) in [5, 5.41) is 8.86. The van der Waals surface area contributed by atoms with E-state index in [0.717, 1.165) is 37.0 Å². The standard InChI is InChI=1S/C14H17NO2/c16-14(17)10-12-6-2-1-5-11(12)9-13-7-3-4-8-15-13/h3-4,7-8,10-11H,1-2,5-6,9H2,(H,16,17)/b12-10+. The van der Waals surface area contributed by atoms with Crippen molar-refractivity contribution in [2.75, 3.05) is 0 Å². The van der Waals surface area contributed by atoms with E-state index >= 15 is 0 Å². The molecule has 1 aliphatic carbocycles. The highest BCUT2D eigenvalue weighted by Crippen LogP contribution is 2.31. The molecule has 0 radical (unpaired) electrons. The fraction of sp³-hybridized carbons (Fsp3) is 0.429. The van der Waals surface area contributed by atoms with E-state index in [4.69, 9.17) is 5.11 Å². The first-order valence-corrected chi connectivity index (χ1v) is 6.09. The third kappa shape index (κ3) is 3.41. The Morgan fingerprint density at radius 2 is 2.35 bits per heavy atom. The molecule has 2 rings (SSSR count). The molecule has 0 spiro atoms. The van der Waals surface area contributed by atoms with E-state index in [2.05, 4.69) is 4.98 Å². The third-order valence-corrected chi connectivity index (χ3v) is 3.28. The van der Waals surface area contributed by atoms with Crippen LogP contribution < -0.4 is 0 Å². The Morgan fingerprint density at radius 1 is 1.47 bits per heavy atom. The summed E-state index contributed by atoms with van der Waals surface area (Å²) >= 11 is 0. The molecular formula is C14H17NO2. The smallest absolute Gasteiger partial charge is 0.328 e. The van der Waals surface area contributed by atoms with Crippen molar-refractivity contribution >= 4 is 5.97 Å². The quantitative estimate of drug-likeness (QED) is 0.814. The van der Waals surface area contributed by atoms with Crippen LogP contribution in [-0.4, -0.2) is 16.1 Å². The zero-order chi connectivity index (χ0) is 12.1. The van der Waals surface area contributed by atoms with Gasteiger partial charge in [0.1, 0.15) is 0 Å². The highest BCUT2D eigenvalue weighted by atomic mass is 16.4. The van der Waals surface area contributed by atoms with Crippen molar-refractivity contribution in [2.45, 2.75) is 32.1 Å². The van der Waals surface area contributed by atoms with Crippen LogP contribution in [0.1, 0.15) is 31.4 Å². The molecule has 0 aliphatic heterocycles. The summed E-state index contributed by atoms with van der Waals surface area (Å²) in [6.45, 7) is 0. The van der Waals surface area contributed by atoms with Gasteiger partial charge in [-0.2, -0.15) is 0 Å². The first-order valence-electron chi connectivity index (χ1n) is 6.09. The van der Waals surface area contributed by atoms with Crippen LogP contribution in [0.15, 0.2) is 36.0 Å². The summed E-state index contributed by atoms with van der Waals surface area (Å²) < 4.78 is 0. The highest BCUT2D eigenvalue weighted by molar-refractivity contribution is 5.80. The number of pyridine rings is 1. The maximum absolute atomic E-state index is 10.8. The van der Waals surface area contributed by atoms with Crippen molar-refractivity contribution in [3.63, 3.8) is 0 Å². The van der Waals surface area contributed by atoms with Gasteiger partial charge >= 0.3 is 5.97 Å². The summed E-state index contributed by atoms with van der Waals surface area (Å²) in [6, 6.07) is 5.89. The van der Waals surface area contributed by atoms with Crippen LogP contribution in [0, 0.1) is 5.92 Å². The SMILES string of the molecule is O=C(O)/C=C1\CCCCC1Cc1ccccn1. The van der Waals surface area contributed by atoms with Gasteiger partial charge in [0.15, 0.2) is 0 Å². The van der Waals surface area contributed by atoms with E-state index in [1.54, 1.807) is 6.20 Å². The van der Waals surface area contributed by atoms with E-state index in [1.807, 2.05) is 18.2 Å². The first kappa shape index (κ1) is 11.8. The second kappa shape index (κ2) is 5.62. The van der Waals surface area contributed by atoms with Crippen LogP contribution in [0.25, 0.3) is 0 Å². The largest absolute Gasteiger partial charge is 0.478 e. The van der Waals surface area contributed by atoms with E-state index in [1.165, 1.54) is 12.5 Å². The Labute approximate surface area is 101 Å². The first-order chi connectivity index (χ1) is 8.25. The zero-order valence-corrected chi connectivity index (χ0v) is 9.80. The van der Waals surface area contributed by atoms with Gasteiger partial charge in [0.25, 0.3) is 0 Å². The number of carboxylic acid groups (broad SMARTS) is 1. The summed E-state index contributed by atoms with van der Waals surface area (Å²) in [5.74, 6) is -0.470. The van der Waals surface area contributed by atoms with Gasteiger partial charge in [-0.15, -0.1) is 0 Å². The maximum Gasteiger partial charge on any atom is 0.328 e. The van der Waals surface area contributed by atoms with Gasteiger partial charge in [0.2, 0.25) is 0 Å². The molecule has 1 atom stereocenters. The molecule has 1 saturated carbocycles. The van der Waals surface area contributed by atoms with Crippen LogP contribution in [0.5, 0.6) is 0 Å². The van der Waals surface area contributed by atoms with Crippen LogP contribution >= 0.6 is 0 Å². The Bertz CT molecular complexity index is 411. The molecule has 0 saturated heterocycles. The van der Waals surface area contributed by atoms with E-state index in [0.29, 0.717) is 5.92 Å². The van der Waals surface area contributed by atoms with Crippen LogP contribution in [-0.2, 0) is 11.2 Å². The number of hydrogen-bond acceptors (Lipinski definition) is 2. The summed E-state index contributed by atoms with van der Waals surface area (Å²) in [7, 11) is 0. The molecule has 1 aliphatic rings. The second-order valence-electron chi connectivity index (χ2n) is 4.53. The number of aromatic nitrogens is 1. The molecule has 17 heavy (non-hydrogen) atoms. The molecule has 0 aromatic carbocycles. The molecule has 0 bridgehead atoms. The van der Waals surface area contributed by atoms with Gasteiger partial charge in [-0.25, -0.2) is 4.79 Å². The molecule has 1 aromatic rings. The van der Waals surface area contributed by atoms with Gasteiger partial charge in [0, 0.05) is 18.0 Å². The number of carbonyl (C=O) groups is 1. The molecule has 1 aromatic heterocycles. The lowest BCUT2D eigenvalue weighted by atomic mass is 9.81. The Kier molecular flexibility index (Phi) is 3.91. The minimum Gasteiger partial charge on any atom is -0.478 e. The number of hydrogen-bond donors (Lipinski definition) is 1. The molecule has 3 heteroatoms. The normalized spacial score (nSPS) is 22.6.